The molecule has 1 amide bonds. The van der Waals surface area contributed by atoms with Gasteiger partial charge in [-0.1, -0.05) is 12.8 Å². The molecule has 0 aromatic heterocycles. The number of amides is 1. The van der Waals surface area contributed by atoms with Crippen molar-refractivity contribution in [1.29, 1.82) is 0 Å². The Kier molecular flexibility index (Phi) is 4.62. The van der Waals surface area contributed by atoms with Gasteiger partial charge in [0.15, 0.2) is 0 Å². The van der Waals surface area contributed by atoms with Crippen LogP contribution >= 0.6 is 0 Å². The van der Waals surface area contributed by atoms with Crippen molar-refractivity contribution < 1.29 is 4.79 Å². The lowest BCUT2D eigenvalue weighted by molar-refractivity contribution is -0.110. The van der Waals surface area contributed by atoms with Crippen molar-refractivity contribution in [1.82, 2.24) is 15.1 Å². The maximum atomic E-state index is 10.5. The number of hydrogen-bond acceptors (Lipinski definition) is 3. The highest BCUT2D eigenvalue weighted by atomic mass is 16.1. The van der Waals surface area contributed by atoms with Crippen LogP contribution in [0.5, 0.6) is 0 Å². The van der Waals surface area contributed by atoms with Crippen LogP contribution in [-0.2, 0) is 4.79 Å². The van der Waals surface area contributed by atoms with E-state index in [0.29, 0.717) is 5.92 Å². The van der Waals surface area contributed by atoms with E-state index in [2.05, 4.69) is 29.1 Å². The Bertz CT molecular complexity index is 276. The third kappa shape index (κ3) is 2.86. The van der Waals surface area contributed by atoms with Gasteiger partial charge >= 0.3 is 0 Å². The van der Waals surface area contributed by atoms with E-state index >= 15 is 0 Å². The highest BCUT2D eigenvalue weighted by Crippen LogP contribution is 2.38. The van der Waals surface area contributed by atoms with Crippen LogP contribution in [0.25, 0.3) is 0 Å². The first-order chi connectivity index (χ1) is 8.66. The van der Waals surface area contributed by atoms with Crippen molar-refractivity contribution in [2.45, 2.75) is 38.1 Å². The molecule has 1 saturated heterocycles. The Labute approximate surface area is 111 Å². The van der Waals surface area contributed by atoms with Gasteiger partial charge in [0.2, 0.25) is 6.41 Å². The maximum absolute atomic E-state index is 10.5. The van der Waals surface area contributed by atoms with Gasteiger partial charge in [0.25, 0.3) is 0 Å². The minimum atomic E-state index is 0.287. The minimum Gasteiger partial charge on any atom is -0.358 e. The van der Waals surface area contributed by atoms with E-state index in [0.717, 1.165) is 13.0 Å². The molecule has 0 aromatic carbocycles. The highest BCUT2D eigenvalue weighted by molar-refractivity contribution is 5.45. The fourth-order valence-corrected chi connectivity index (χ4v) is 3.63. The van der Waals surface area contributed by atoms with Gasteiger partial charge in [0, 0.05) is 38.3 Å². The number of hydrogen-bond donors (Lipinski definition) is 1. The fourth-order valence-electron chi connectivity index (χ4n) is 3.63. The molecule has 2 rings (SSSR count). The normalized spacial score (nSPS) is 35.3. The number of nitrogens with zero attached hydrogens (tertiary/aromatic N) is 2. The fraction of sp³-hybridized carbons (Fsp3) is 0.929. The van der Waals surface area contributed by atoms with Crippen molar-refractivity contribution >= 4 is 6.41 Å². The second-order valence-corrected chi connectivity index (χ2v) is 6.12. The number of carbonyl (C=O) groups is 1. The molecule has 1 N–H and O–H groups in total. The van der Waals surface area contributed by atoms with Gasteiger partial charge < -0.3 is 10.2 Å². The summed E-state index contributed by atoms with van der Waals surface area (Å²) >= 11 is 0. The minimum absolute atomic E-state index is 0.287. The second-order valence-electron chi connectivity index (χ2n) is 6.12. The van der Waals surface area contributed by atoms with Crippen molar-refractivity contribution in [3.8, 4) is 0 Å². The van der Waals surface area contributed by atoms with Crippen LogP contribution in [0.15, 0.2) is 0 Å². The molecule has 0 radical (unpaired) electrons. The Morgan fingerprint density at radius 1 is 1.28 bits per heavy atom. The zero-order chi connectivity index (χ0) is 13.0. The summed E-state index contributed by atoms with van der Waals surface area (Å²) in [6.45, 7) is 7.93. The van der Waals surface area contributed by atoms with Gasteiger partial charge in [0.05, 0.1) is 0 Å². The van der Waals surface area contributed by atoms with E-state index in [1.807, 2.05) is 0 Å². The highest BCUT2D eigenvalue weighted by Gasteiger charge is 2.41. The molecular formula is C14H27N3O. The third-order valence-corrected chi connectivity index (χ3v) is 5.04. The van der Waals surface area contributed by atoms with Gasteiger partial charge in [-0.15, -0.1) is 0 Å². The first-order valence-electron chi connectivity index (χ1n) is 7.27. The van der Waals surface area contributed by atoms with Crippen LogP contribution in [0.3, 0.4) is 0 Å². The summed E-state index contributed by atoms with van der Waals surface area (Å²) in [6, 6.07) is 0. The average molecular weight is 253 g/mol. The summed E-state index contributed by atoms with van der Waals surface area (Å²) in [5.41, 5.74) is 0.287. The maximum Gasteiger partial charge on any atom is 0.207 e. The van der Waals surface area contributed by atoms with Gasteiger partial charge in [-0.3, -0.25) is 9.69 Å². The molecule has 1 heterocycles. The predicted molar refractivity (Wildman–Crippen MR) is 73.5 cm³/mol. The molecule has 1 aliphatic carbocycles. The first kappa shape index (κ1) is 13.8. The van der Waals surface area contributed by atoms with Crippen LogP contribution in [0.2, 0.25) is 0 Å². The lowest BCUT2D eigenvalue weighted by Gasteiger charge is -2.51. The molecule has 1 saturated carbocycles. The monoisotopic (exact) mass is 253 g/mol. The number of rotatable bonds is 4. The SMILES string of the molecule is CN1CCN(C2(C)CCCCC2CNC=O)CC1. The summed E-state index contributed by atoms with van der Waals surface area (Å²) in [5.74, 6) is 0.611. The largest absolute Gasteiger partial charge is 0.358 e. The molecular weight excluding hydrogens is 226 g/mol. The van der Waals surface area contributed by atoms with Crippen molar-refractivity contribution in [2.24, 2.45) is 5.92 Å². The van der Waals surface area contributed by atoms with Crippen molar-refractivity contribution in [3.63, 3.8) is 0 Å². The van der Waals surface area contributed by atoms with E-state index in [1.165, 1.54) is 51.9 Å². The molecule has 18 heavy (non-hydrogen) atoms. The van der Waals surface area contributed by atoms with E-state index in [1.54, 1.807) is 0 Å². The zero-order valence-corrected chi connectivity index (χ0v) is 11.8. The summed E-state index contributed by atoms with van der Waals surface area (Å²) in [6.07, 6.45) is 6.03. The van der Waals surface area contributed by atoms with Crippen LogP contribution in [0.1, 0.15) is 32.6 Å². The first-order valence-corrected chi connectivity index (χ1v) is 7.27. The molecule has 2 fully saturated rings. The molecule has 0 aromatic rings. The number of nitrogens with one attached hydrogen (secondary N) is 1. The smallest absolute Gasteiger partial charge is 0.207 e. The summed E-state index contributed by atoms with van der Waals surface area (Å²) in [7, 11) is 2.20. The van der Waals surface area contributed by atoms with Crippen LogP contribution in [0, 0.1) is 5.92 Å². The Hall–Kier alpha value is -0.610. The quantitative estimate of drug-likeness (QED) is 0.757. The lowest BCUT2D eigenvalue weighted by atomic mass is 9.72. The summed E-state index contributed by atoms with van der Waals surface area (Å²) in [4.78, 5) is 15.6. The topological polar surface area (TPSA) is 35.6 Å². The predicted octanol–water partition coefficient (Wildman–Crippen LogP) is 0.929. The summed E-state index contributed by atoms with van der Waals surface area (Å²) in [5, 5.41) is 2.90. The standard InChI is InChI=1S/C14H27N3O/c1-14(17-9-7-16(2)8-10-17)6-4-3-5-13(14)11-15-12-18/h12-13H,3-11H2,1-2H3,(H,15,18). The molecule has 4 nitrogen and oxygen atoms in total. The van der Waals surface area contributed by atoms with Gasteiger partial charge in [-0.05, 0) is 32.7 Å². The Morgan fingerprint density at radius 2 is 2.00 bits per heavy atom. The number of carbonyl (C=O) groups excluding carboxylic acids is 1. The molecule has 1 aliphatic heterocycles. The molecule has 0 spiro atoms. The van der Waals surface area contributed by atoms with E-state index in [-0.39, 0.29) is 5.54 Å². The van der Waals surface area contributed by atoms with Gasteiger partial charge in [0.1, 0.15) is 0 Å². The molecule has 104 valence electrons. The number of piperazine rings is 1. The molecule has 2 unspecified atom stereocenters. The van der Waals surface area contributed by atoms with Crippen molar-refractivity contribution in [3.05, 3.63) is 0 Å². The van der Waals surface area contributed by atoms with E-state index in [4.69, 9.17) is 0 Å². The molecule has 4 heteroatoms. The van der Waals surface area contributed by atoms with E-state index in [9.17, 15) is 4.79 Å². The third-order valence-electron chi connectivity index (χ3n) is 5.04. The summed E-state index contributed by atoms with van der Waals surface area (Å²) < 4.78 is 0. The van der Waals surface area contributed by atoms with Crippen molar-refractivity contribution in [2.75, 3.05) is 39.8 Å². The van der Waals surface area contributed by atoms with Crippen LogP contribution in [-0.4, -0.2) is 61.5 Å². The Balaban J connectivity index is 2.02. The van der Waals surface area contributed by atoms with Gasteiger partial charge in [-0.2, -0.15) is 0 Å². The average Bonchev–Trinajstić information content (AvgIpc) is 2.38. The van der Waals surface area contributed by atoms with Gasteiger partial charge in [-0.25, -0.2) is 0 Å². The Morgan fingerprint density at radius 3 is 2.67 bits per heavy atom. The zero-order valence-electron chi connectivity index (χ0n) is 11.8. The molecule has 2 atom stereocenters. The van der Waals surface area contributed by atoms with E-state index < -0.39 is 0 Å². The number of likely N-dealkylation sites (N-methyl/N-ethyl adjacent to an activating group) is 1. The second kappa shape index (κ2) is 6.02. The molecule has 0 bridgehead atoms. The molecule has 2 aliphatic rings. The van der Waals surface area contributed by atoms with Crippen LogP contribution < -0.4 is 5.32 Å². The van der Waals surface area contributed by atoms with Crippen LogP contribution in [0.4, 0.5) is 0 Å². The lowest BCUT2D eigenvalue weighted by Crippen LogP contribution is -2.60.